The average Bonchev–Trinajstić information content (AvgIpc) is 2.95. The summed E-state index contributed by atoms with van der Waals surface area (Å²) < 4.78 is 7.16. The van der Waals surface area contributed by atoms with Crippen LogP contribution in [-0.2, 0) is 18.3 Å². The lowest BCUT2D eigenvalue weighted by Gasteiger charge is -2.24. The molecule has 1 N–H and O–H groups in total. The first-order valence-electron chi connectivity index (χ1n) is 8.24. The van der Waals surface area contributed by atoms with Crippen LogP contribution >= 0.6 is 0 Å². The van der Waals surface area contributed by atoms with E-state index in [1.54, 1.807) is 7.11 Å². The molecule has 1 aromatic carbocycles. The van der Waals surface area contributed by atoms with Crippen LogP contribution in [-0.4, -0.2) is 35.8 Å². The Morgan fingerprint density at radius 1 is 1.21 bits per heavy atom. The van der Waals surface area contributed by atoms with Gasteiger partial charge in [-0.05, 0) is 43.5 Å². The summed E-state index contributed by atoms with van der Waals surface area (Å²) in [5.41, 5.74) is 4.13. The maximum Gasteiger partial charge on any atom is 0.322 e. The van der Waals surface area contributed by atoms with Gasteiger partial charge in [0.25, 0.3) is 0 Å². The van der Waals surface area contributed by atoms with Crippen LogP contribution in [0.3, 0.4) is 0 Å². The van der Waals surface area contributed by atoms with Gasteiger partial charge < -0.3 is 19.5 Å². The van der Waals surface area contributed by atoms with Crippen molar-refractivity contribution in [3.8, 4) is 0 Å². The molecule has 0 radical (unpaired) electrons. The van der Waals surface area contributed by atoms with E-state index in [2.05, 4.69) is 5.32 Å². The van der Waals surface area contributed by atoms with E-state index in [1.165, 1.54) is 0 Å². The van der Waals surface area contributed by atoms with Crippen molar-refractivity contribution in [3.05, 3.63) is 53.3 Å². The van der Waals surface area contributed by atoms with Crippen LogP contribution in [0.2, 0.25) is 0 Å². The van der Waals surface area contributed by atoms with Gasteiger partial charge in [0.15, 0.2) is 0 Å². The lowest BCUT2D eigenvalue weighted by Crippen LogP contribution is -2.36. The monoisotopic (exact) mass is 329 g/mol. The summed E-state index contributed by atoms with van der Waals surface area (Å²) >= 11 is 0. The van der Waals surface area contributed by atoms with Crippen molar-refractivity contribution >= 4 is 11.7 Å². The SMILES string of the molecule is COCCCN(Cc1cccn1C)C(=O)Nc1c(C)cccc1C. The number of methoxy groups -OCH3 is 1. The smallest absolute Gasteiger partial charge is 0.322 e. The largest absolute Gasteiger partial charge is 0.385 e. The molecule has 0 saturated carbocycles. The zero-order valence-corrected chi connectivity index (χ0v) is 15.0. The summed E-state index contributed by atoms with van der Waals surface area (Å²) in [5.74, 6) is 0. The van der Waals surface area contributed by atoms with Crippen molar-refractivity contribution in [1.29, 1.82) is 0 Å². The molecule has 1 aromatic heterocycles. The molecule has 0 saturated heterocycles. The minimum absolute atomic E-state index is 0.0790. The Hall–Kier alpha value is -2.27. The summed E-state index contributed by atoms with van der Waals surface area (Å²) in [7, 11) is 3.67. The van der Waals surface area contributed by atoms with E-state index < -0.39 is 0 Å². The molecule has 0 unspecified atom stereocenters. The molecule has 0 fully saturated rings. The first-order chi connectivity index (χ1) is 11.5. The number of benzene rings is 1. The number of aryl methyl sites for hydroxylation is 3. The molecule has 0 aliphatic carbocycles. The predicted molar refractivity (Wildman–Crippen MR) is 97.3 cm³/mol. The van der Waals surface area contributed by atoms with Crippen molar-refractivity contribution in [2.45, 2.75) is 26.8 Å². The second-order valence-electron chi connectivity index (χ2n) is 6.08. The quantitative estimate of drug-likeness (QED) is 0.787. The summed E-state index contributed by atoms with van der Waals surface area (Å²) in [6.45, 7) is 5.88. The molecule has 2 rings (SSSR count). The van der Waals surface area contributed by atoms with Crippen LogP contribution in [0.1, 0.15) is 23.2 Å². The lowest BCUT2D eigenvalue weighted by molar-refractivity contribution is 0.171. The highest BCUT2D eigenvalue weighted by atomic mass is 16.5. The van der Waals surface area contributed by atoms with Gasteiger partial charge in [-0.1, -0.05) is 18.2 Å². The highest BCUT2D eigenvalue weighted by molar-refractivity contribution is 5.91. The Bertz CT molecular complexity index is 659. The zero-order valence-electron chi connectivity index (χ0n) is 15.0. The van der Waals surface area contributed by atoms with Gasteiger partial charge in [0, 0.05) is 44.9 Å². The fourth-order valence-corrected chi connectivity index (χ4v) is 2.71. The molecule has 5 nitrogen and oxygen atoms in total. The highest BCUT2D eigenvalue weighted by Gasteiger charge is 2.16. The van der Waals surface area contributed by atoms with Gasteiger partial charge in [-0.3, -0.25) is 0 Å². The standard InChI is InChI=1S/C19H27N3O2/c1-15-8-5-9-16(2)18(15)20-19(23)22(12-7-13-24-4)14-17-10-6-11-21(17)3/h5-6,8-11H,7,12-14H2,1-4H3,(H,20,23). The minimum atomic E-state index is -0.0790. The Morgan fingerprint density at radius 2 is 1.92 bits per heavy atom. The molecule has 24 heavy (non-hydrogen) atoms. The van der Waals surface area contributed by atoms with E-state index in [0.717, 1.165) is 28.9 Å². The number of nitrogens with one attached hydrogen (secondary N) is 1. The van der Waals surface area contributed by atoms with Gasteiger partial charge in [0.2, 0.25) is 0 Å². The molecule has 2 aromatic rings. The lowest BCUT2D eigenvalue weighted by atomic mass is 10.1. The number of carbonyl (C=O) groups excluding carboxylic acids is 1. The molecule has 1 heterocycles. The zero-order chi connectivity index (χ0) is 17.5. The number of aromatic nitrogens is 1. The van der Waals surface area contributed by atoms with Crippen LogP contribution in [0.4, 0.5) is 10.5 Å². The summed E-state index contributed by atoms with van der Waals surface area (Å²) in [4.78, 5) is 14.6. The molecule has 2 amide bonds. The fraction of sp³-hybridized carbons (Fsp3) is 0.421. The molecule has 0 bridgehead atoms. The number of para-hydroxylation sites is 1. The Labute approximate surface area is 144 Å². The third kappa shape index (κ3) is 4.61. The number of rotatable bonds is 7. The Balaban J connectivity index is 2.12. The van der Waals surface area contributed by atoms with Crippen molar-refractivity contribution < 1.29 is 9.53 Å². The molecule has 0 aliphatic heterocycles. The van der Waals surface area contributed by atoms with Crippen LogP contribution in [0.5, 0.6) is 0 Å². The van der Waals surface area contributed by atoms with E-state index in [4.69, 9.17) is 4.74 Å². The van der Waals surface area contributed by atoms with E-state index in [1.807, 2.05) is 66.9 Å². The van der Waals surface area contributed by atoms with E-state index in [-0.39, 0.29) is 6.03 Å². The Morgan fingerprint density at radius 3 is 2.50 bits per heavy atom. The maximum atomic E-state index is 12.8. The van der Waals surface area contributed by atoms with Crippen LogP contribution in [0.25, 0.3) is 0 Å². The van der Waals surface area contributed by atoms with Crippen molar-refractivity contribution in [3.63, 3.8) is 0 Å². The van der Waals surface area contributed by atoms with Crippen LogP contribution in [0.15, 0.2) is 36.5 Å². The predicted octanol–water partition coefficient (Wildman–Crippen LogP) is 3.71. The van der Waals surface area contributed by atoms with Gasteiger partial charge in [-0.15, -0.1) is 0 Å². The van der Waals surface area contributed by atoms with Crippen LogP contribution < -0.4 is 5.32 Å². The minimum Gasteiger partial charge on any atom is -0.385 e. The molecule has 0 aliphatic rings. The number of amides is 2. The van der Waals surface area contributed by atoms with Gasteiger partial charge in [0.05, 0.1) is 6.54 Å². The number of nitrogens with zero attached hydrogens (tertiary/aromatic N) is 2. The topological polar surface area (TPSA) is 46.5 Å². The number of carbonyl (C=O) groups is 1. The summed E-state index contributed by atoms with van der Waals surface area (Å²) in [6.07, 6.45) is 2.80. The average molecular weight is 329 g/mol. The Kier molecular flexibility index (Phi) is 6.44. The third-order valence-corrected chi connectivity index (χ3v) is 4.18. The molecule has 0 atom stereocenters. The third-order valence-electron chi connectivity index (χ3n) is 4.18. The van der Waals surface area contributed by atoms with E-state index in [9.17, 15) is 4.79 Å². The van der Waals surface area contributed by atoms with Crippen molar-refractivity contribution in [2.75, 3.05) is 25.6 Å². The van der Waals surface area contributed by atoms with E-state index >= 15 is 0 Å². The number of anilines is 1. The van der Waals surface area contributed by atoms with Crippen molar-refractivity contribution in [1.82, 2.24) is 9.47 Å². The molecule has 130 valence electrons. The van der Waals surface area contributed by atoms with Gasteiger partial charge >= 0.3 is 6.03 Å². The van der Waals surface area contributed by atoms with Crippen molar-refractivity contribution in [2.24, 2.45) is 7.05 Å². The normalized spacial score (nSPS) is 10.7. The second-order valence-corrected chi connectivity index (χ2v) is 6.08. The summed E-state index contributed by atoms with van der Waals surface area (Å²) in [5, 5.41) is 3.07. The van der Waals surface area contributed by atoms with Gasteiger partial charge in [-0.2, -0.15) is 0 Å². The molecule has 5 heteroatoms. The van der Waals surface area contributed by atoms with Crippen LogP contribution in [0, 0.1) is 13.8 Å². The van der Waals surface area contributed by atoms with Gasteiger partial charge in [0.1, 0.15) is 0 Å². The first kappa shape index (κ1) is 18.1. The number of urea groups is 1. The molecular formula is C19H27N3O2. The molecular weight excluding hydrogens is 302 g/mol. The summed E-state index contributed by atoms with van der Waals surface area (Å²) in [6, 6.07) is 9.97. The maximum absolute atomic E-state index is 12.8. The second kappa shape index (κ2) is 8.55. The number of hydrogen-bond acceptors (Lipinski definition) is 2. The number of ether oxygens (including phenoxy) is 1. The first-order valence-corrected chi connectivity index (χ1v) is 8.24. The fourth-order valence-electron chi connectivity index (χ4n) is 2.71. The number of hydrogen-bond donors (Lipinski definition) is 1. The van der Waals surface area contributed by atoms with E-state index in [0.29, 0.717) is 19.7 Å². The van der Waals surface area contributed by atoms with Gasteiger partial charge in [-0.25, -0.2) is 4.79 Å². The molecule has 0 spiro atoms. The highest BCUT2D eigenvalue weighted by Crippen LogP contribution is 2.20.